The van der Waals surface area contributed by atoms with E-state index in [-0.39, 0.29) is 0 Å². The maximum atomic E-state index is 3.76. The van der Waals surface area contributed by atoms with Gasteiger partial charge in [-0.05, 0) is 37.3 Å². The van der Waals surface area contributed by atoms with Crippen LogP contribution >= 0.6 is 23.1 Å². The Morgan fingerprint density at radius 1 is 1.35 bits per heavy atom. The molecule has 1 N–H and O–H groups in total. The van der Waals surface area contributed by atoms with E-state index in [4.69, 9.17) is 0 Å². The summed E-state index contributed by atoms with van der Waals surface area (Å²) in [6.07, 6.45) is 8.22. The molecule has 1 heterocycles. The van der Waals surface area contributed by atoms with Gasteiger partial charge in [0, 0.05) is 11.3 Å². The van der Waals surface area contributed by atoms with Crippen molar-refractivity contribution in [3.8, 4) is 0 Å². The monoisotopic (exact) mass is 269 g/mol. The summed E-state index contributed by atoms with van der Waals surface area (Å²) in [4.78, 5) is 0. The van der Waals surface area contributed by atoms with Gasteiger partial charge in [-0.3, -0.25) is 0 Å². The van der Waals surface area contributed by atoms with E-state index in [1.54, 1.807) is 0 Å². The normalized spacial score (nSPS) is 25.7. The highest BCUT2D eigenvalue weighted by atomic mass is 32.2. The molecule has 1 aliphatic rings. The Labute approximate surface area is 113 Å². The number of hydrogen-bond donors (Lipinski definition) is 1. The minimum absolute atomic E-state index is 0.726. The zero-order valence-corrected chi connectivity index (χ0v) is 12.3. The highest BCUT2D eigenvalue weighted by molar-refractivity contribution is 8.01. The predicted octanol–water partition coefficient (Wildman–Crippen LogP) is 4.54. The summed E-state index contributed by atoms with van der Waals surface area (Å²) in [5.41, 5.74) is 0. The van der Waals surface area contributed by atoms with Crippen molar-refractivity contribution < 1.29 is 0 Å². The second kappa shape index (κ2) is 7.45. The molecule has 0 saturated heterocycles. The van der Waals surface area contributed by atoms with Crippen LogP contribution in [0.1, 0.15) is 45.4 Å². The van der Waals surface area contributed by atoms with E-state index in [9.17, 15) is 0 Å². The fraction of sp³-hybridized carbons (Fsp3) is 0.714. The fourth-order valence-electron chi connectivity index (χ4n) is 2.46. The molecular formula is C14H23NS2. The standard InChI is InChI=1S/C14H23NS2/c1-2-10-15-12-7-4-3-5-8-13(12)17-14-9-6-11-16-14/h6,9,11-13,15H,2-5,7-8,10H2,1H3. The Balaban J connectivity index is 1.93. The SMILES string of the molecule is CCCNC1CCCCCC1Sc1cccs1. The van der Waals surface area contributed by atoms with Crippen molar-refractivity contribution in [2.24, 2.45) is 0 Å². The second-order valence-corrected chi connectivity index (χ2v) is 7.27. The number of rotatable bonds is 5. The number of thiophene rings is 1. The van der Waals surface area contributed by atoms with Crippen LogP contribution in [-0.2, 0) is 0 Å². The summed E-state index contributed by atoms with van der Waals surface area (Å²) in [6, 6.07) is 5.15. The van der Waals surface area contributed by atoms with Crippen LogP contribution < -0.4 is 5.32 Å². The number of thioether (sulfide) groups is 1. The minimum atomic E-state index is 0.726. The predicted molar refractivity (Wildman–Crippen MR) is 79.1 cm³/mol. The van der Waals surface area contributed by atoms with E-state index in [2.05, 4.69) is 41.5 Å². The van der Waals surface area contributed by atoms with Gasteiger partial charge in [0.2, 0.25) is 0 Å². The molecule has 1 aromatic heterocycles. The summed E-state index contributed by atoms with van der Waals surface area (Å²) in [6.45, 7) is 3.43. The number of hydrogen-bond acceptors (Lipinski definition) is 3. The first kappa shape index (κ1) is 13.4. The molecule has 0 radical (unpaired) electrons. The summed E-state index contributed by atoms with van der Waals surface area (Å²) < 4.78 is 1.49. The zero-order chi connectivity index (χ0) is 11.9. The van der Waals surface area contributed by atoms with Crippen molar-refractivity contribution in [2.45, 2.75) is 60.9 Å². The van der Waals surface area contributed by atoms with Gasteiger partial charge in [0.25, 0.3) is 0 Å². The van der Waals surface area contributed by atoms with Crippen molar-refractivity contribution in [3.63, 3.8) is 0 Å². The first-order valence-electron chi connectivity index (χ1n) is 6.83. The molecule has 1 nitrogen and oxygen atoms in total. The zero-order valence-electron chi connectivity index (χ0n) is 10.7. The van der Waals surface area contributed by atoms with Gasteiger partial charge in [-0.2, -0.15) is 0 Å². The Hall–Kier alpha value is 0.01000. The molecule has 0 amide bonds. The molecule has 1 saturated carbocycles. The average Bonchev–Trinajstić information content (AvgIpc) is 2.74. The van der Waals surface area contributed by atoms with Gasteiger partial charge < -0.3 is 5.32 Å². The highest BCUT2D eigenvalue weighted by Gasteiger charge is 2.24. The third-order valence-electron chi connectivity index (χ3n) is 3.37. The molecule has 0 bridgehead atoms. The van der Waals surface area contributed by atoms with Crippen molar-refractivity contribution in [3.05, 3.63) is 17.5 Å². The van der Waals surface area contributed by atoms with Crippen LogP contribution in [0.15, 0.2) is 21.7 Å². The molecule has 2 atom stereocenters. The van der Waals surface area contributed by atoms with E-state index in [0.717, 1.165) is 11.3 Å². The second-order valence-electron chi connectivity index (χ2n) is 4.79. The van der Waals surface area contributed by atoms with Gasteiger partial charge in [0.05, 0.1) is 4.21 Å². The largest absolute Gasteiger partial charge is 0.313 e. The Kier molecular flexibility index (Phi) is 5.89. The van der Waals surface area contributed by atoms with E-state index in [1.807, 2.05) is 11.3 Å². The molecule has 0 spiro atoms. The quantitative estimate of drug-likeness (QED) is 0.788. The van der Waals surface area contributed by atoms with Crippen LogP contribution in [-0.4, -0.2) is 17.8 Å². The van der Waals surface area contributed by atoms with Crippen molar-refractivity contribution in [1.29, 1.82) is 0 Å². The van der Waals surface area contributed by atoms with E-state index in [1.165, 1.54) is 49.3 Å². The molecule has 96 valence electrons. The van der Waals surface area contributed by atoms with Gasteiger partial charge in [-0.1, -0.05) is 32.3 Å². The average molecular weight is 269 g/mol. The van der Waals surface area contributed by atoms with Gasteiger partial charge in [-0.15, -0.1) is 23.1 Å². The van der Waals surface area contributed by atoms with Crippen LogP contribution in [0.4, 0.5) is 0 Å². The summed E-state index contributed by atoms with van der Waals surface area (Å²) in [5.74, 6) is 0. The summed E-state index contributed by atoms with van der Waals surface area (Å²) in [5, 5.41) is 6.73. The lowest BCUT2D eigenvalue weighted by molar-refractivity contribution is 0.470. The van der Waals surface area contributed by atoms with Crippen molar-refractivity contribution >= 4 is 23.1 Å². The molecule has 0 aromatic carbocycles. The van der Waals surface area contributed by atoms with Crippen molar-refractivity contribution in [2.75, 3.05) is 6.54 Å². The van der Waals surface area contributed by atoms with Gasteiger partial charge in [-0.25, -0.2) is 0 Å². The lowest BCUT2D eigenvalue weighted by Crippen LogP contribution is -2.37. The van der Waals surface area contributed by atoms with E-state index in [0.29, 0.717) is 0 Å². The Bertz CT molecular complexity index is 297. The van der Waals surface area contributed by atoms with Crippen LogP contribution in [0, 0.1) is 0 Å². The molecule has 0 aliphatic heterocycles. The summed E-state index contributed by atoms with van der Waals surface area (Å²) >= 11 is 3.98. The highest BCUT2D eigenvalue weighted by Crippen LogP contribution is 2.35. The molecule has 3 heteroatoms. The molecule has 17 heavy (non-hydrogen) atoms. The van der Waals surface area contributed by atoms with Crippen LogP contribution in [0.2, 0.25) is 0 Å². The number of nitrogens with one attached hydrogen (secondary N) is 1. The maximum absolute atomic E-state index is 3.76. The summed E-state index contributed by atoms with van der Waals surface area (Å²) in [7, 11) is 0. The van der Waals surface area contributed by atoms with Gasteiger partial charge in [0.15, 0.2) is 0 Å². The van der Waals surface area contributed by atoms with Gasteiger partial charge in [0.1, 0.15) is 0 Å². The van der Waals surface area contributed by atoms with E-state index >= 15 is 0 Å². The van der Waals surface area contributed by atoms with Crippen molar-refractivity contribution in [1.82, 2.24) is 5.32 Å². The fourth-order valence-corrected chi connectivity index (χ4v) is 4.80. The smallest absolute Gasteiger partial charge is 0.0601 e. The Morgan fingerprint density at radius 2 is 2.24 bits per heavy atom. The van der Waals surface area contributed by atoms with Crippen LogP contribution in [0.3, 0.4) is 0 Å². The lowest BCUT2D eigenvalue weighted by atomic mass is 10.1. The molecule has 1 aromatic rings. The molecule has 2 unspecified atom stereocenters. The lowest BCUT2D eigenvalue weighted by Gasteiger charge is -2.25. The van der Waals surface area contributed by atoms with Crippen LogP contribution in [0.25, 0.3) is 0 Å². The van der Waals surface area contributed by atoms with E-state index < -0.39 is 0 Å². The first-order chi connectivity index (χ1) is 8.40. The Morgan fingerprint density at radius 3 is 3.00 bits per heavy atom. The first-order valence-corrected chi connectivity index (χ1v) is 8.59. The third kappa shape index (κ3) is 4.31. The molecule has 1 fully saturated rings. The maximum Gasteiger partial charge on any atom is 0.0601 e. The minimum Gasteiger partial charge on any atom is -0.313 e. The topological polar surface area (TPSA) is 12.0 Å². The van der Waals surface area contributed by atoms with Gasteiger partial charge >= 0.3 is 0 Å². The van der Waals surface area contributed by atoms with Crippen LogP contribution in [0.5, 0.6) is 0 Å². The molecular weight excluding hydrogens is 246 g/mol. The third-order valence-corrected chi connectivity index (χ3v) is 5.85. The molecule has 2 rings (SSSR count). The molecule has 1 aliphatic carbocycles.